The summed E-state index contributed by atoms with van der Waals surface area (Å²) in [6.45, 7) is 0. The Morgan fingerprint density at radius 2 is 2.38 bits per heavy atom. The van der Waals surface area contributed by atoms with Crippen LogP contribution in [0.25, 0.3) is 0 Å². The summed E-state index contributed by atoms with van der Waals surface area (Å²) in [5.74, 6) is -0.464. The SMILES string of the molecule is COC1CCCCC1(O)c1ccncc1F. The molecule has 1 aromatic rings. The van der Waals surface area contributed by atoms with Crippen LogP contribution in [0.1, 0.15) is 31.2 Å². The molecule has 0 radical (unpaired) electrons. The Labute approximate surface area is 94.3 Å². The first kappa shape index (κ1) is 11.5. The summed E-state index contributed by atoms with van der Waals surface area (Å²) in [6.07, 6.45) is 5.48. The van der Waals surface area contributed by atoms with Gasteiger partial charge < -0.3 is 9.84 Å². The van der Waals surface area contributed by atoms with Crippen molar-refractivity contribution in [2.75, 3.05) is 7.11 Å². The monoisotopic (exact) mass is 225 g/mol. The van der Waals surface area contributed by atoms with Crippen LogP contribution in [0.2, 0.25) is 0 Å². The third kappa shape index (κ3) is 1.83. The molecule has 0 spiro atoms. The number of methoxy groups -OCH3 is 1. The number of halogens is 1. The molecule has 1 saturated carbocycles. The topological polar surface area (TPSA) is 42.4 Å². The zero-order valence-electron chi connectivity index (χ0n) is 9.32. The van der Waals surface area contributed by atoms with Crippen molar-refractivity contribution < 1.29 is 14.2 Å². The van der Waals surface area contributed by atoms with Crippen LogP contribution in [-0.4, -0.2) is 23.3 Å². The smallest absolute Gasteiger partial charge is 0.147 e. The Bertz CT molecular complexity index is 372. The summed E-state index contributed by atoms with van der Waals surface area (Å²) < 4.78 is 18.9. The molecular formula is C12H16FNO2. The first-order valence-electron chi connectivity index (χ1n) is 5.53. The third-order valence-electron chi connectivity index (χ3n) is 3.33. The number of aliphatic hydroxyl groups is 1. The Hall–Kier alpha value is -1.00. The Balaban J connectivity index is 2.39. The molecule has 1 fully saturated rings. The highest BCUT2D eigenvalue weighted by Crippen LogP contribution is 2.39. The number of pyridine rings is 1. The van der Waals surface area contributed by atoms with Crippen molar-refractivity contribution in [1.82, 2.24) is 4.98 Å². The largest absolute Gasteiger partial charge is 0.382 e. The number of hydrogen-bond acceptors (Lipinski definition) is 3. The van der Waals surface area contributed by atoms with E-state index < -0.39 is 11.4 Å². The van der Waals surface area contributed by atoms with E-state index in [0.717, 1.165) is 25.5 Å². The summed E-state index contributed by atoms with van der Waals surface area (Å²) in [5.41, 5.74) is -0.908. The zero-order valence-corrected chi connectivity index (χ0v) is 9.32. The summed E-state index contributed by atoms with van der Waals surface area (Å²) in [4.78, 5) is 3.69. The molecular weight excluding hydrogens is 209 g/mol. The standard InChI is InChI=1S/C12H16FNO2/c1-16-11-4-2-3-6-12(11,15)9-5-7-14-8-10(9)13/h5,7-8,11,15H,2-4,6H2,1H3. The van der Waals surface area contributed by atoms with Crippen LogP contribution in [0, 0.1) is 5.82 Å². The first-order valence-corrected chi connectivity index (χ1v) is 5.53. The quantitative estimate of drug-likeness (QED) is 0.837. The molecule has 2 unspecified atom stereocenters. The van der Waals surface area contributed by atoms with Gasteiger partial charge in [0.05, 0.1) is 12.3 Å². The number of nitrogens with zero attached hydrogens (tertiary/aromatic N) is 1. The van der Waals surface area contributed by atoms with E-state index in [1.807, 2.05) is 0 Å². The van der Waals surface area contributed by atoms with E-state index >= 15 is 0 Å². The third-order valence-corrected chi connectivity index (χ3v) is 3.33. The van der Waals surface area contributed by atoms with Crippen molar-refractivity contribution in [2.24, 2.45) is 0 Å². The number of rotatable bonds is 2. The lowest BCUT2D eigenvalue weighted by Crippen LogP contribution is -2.44. The average Bonchev–Trinajstić information content (AvgIpc) is 2.30. The van der Waals surface area contributed by atoms with Crippen LogP contribution in [-0.2, 0) is 10.3 Å². The van der Waals surface area contributed by atoms with E-state index in [1.165, 1.54) is 12.3 Å². The lowest BCUT2D eigenvalue weighted by atomic mass is 9.77. The second-order valence-corrected chi connectivity index (χ2v) is 4.25. The fraction of sp³-hybridized carbons (Fsp3) is 0.583. The first-order chi connectivity index (χ1) is 7.68. The van der Waals surface area contributed by atoms with Crippen molar-refractivity contribution in [3.63, 3.8) is 0 Å². The minimum atomic E-state index is -1.21. The van der Waals surface area contributed by atoms with Crippen molar-refractivity contribution >= 4 is 0 Å². The summed E-state index contributed by atoms with van der Waals surface area (Å²) >= 11 is 0. The Morgan fingerprint density at radius 1 is 1.56 bits per heavy atom. The predicted octanol–water partition coefficient (Wildman–Crippen LogP) is 2.00. The van der Waals surface area contributed by atoms with Crippen molar-refractivity contribution in [3.05, 3.63) is 29.8 Å². The lowest BCUT2D eigenvalue weighted by molar-refractivity contribution is -0.124. The Morgan fingerprint density at radius 3 is 3.06 bits per heavy atom. The van der Waals surface area contributed by atoms with Gasteiger partial charge in [0.1, 0.15) is 11.4 Å². The van der Waals surface area contributed by atoms with Crippen molar-refractivity contribution in [3.8, 4) is 0 Å². The van der Waals surface area contributed by atoms with Gasteiger partial charge in [0.2, 0.25) is 0 Å². The maximum Gasteiger partial charge on any atom is 0.147 e. The molecule has 0 amide bonds. The summed E-state index contributed by atoms with van der Waals surface area (Å²) in [5, 5.41) is 10.6. The zero-order chi connectivity index (χ0) is 11.6. The van der Waals surface area contributed by atoms with E-state index in [9.17, 15) is 9.50 Å². The van der Waals surface area contributed by atoms with E-state index in [-0.39, 0.29) is 6.10 Å². The molecule has 0 bridgehead atoms. The van der Waals surface area contributed by atoms with Gasteiger partial charge >= 0.3 is 0 Å². The summed E-state index contributed by atoms with van der Waals surface area (Å²) in [6, 6.07) is 1.53. The molecule has 88 valence electrons. The van der Waals surface area contributed by atoms with Crippen LogP contribution >= 0.6 is 0 Å². The number of hydrogen-bond donors (Lipinski definition) is 1. The van der Waals surface area contributed by atoms with Crippen LogP contribution in [0.15, 0.2) is 18.5 Å². The van der Waals surface area contributed by atoms with Crippen molar-refractivity contribution in [1.29, 1.82) is 0 Å². The van der Waals surface area contributed by atoms with Gasteiger partial charge in [-0.1, -0.05) is 12.8 Å². The van der Waals surface area contributed by atoms with E-state index in [2.05, 4.69) is 4.98 Å². The fourth-order valence-corrected chi connectivity index (χ4v) is 2.47. The molecule has 0 saturated heterocycles. The molecule has 16 heavy (non-hydrogen) atoms. The normalized spacial score (nSPS) is 30.3. The molecule has 1 heterocycles. The van der Waals surface area contributed by atoms with Crippen LogP contribution in [0.5, 0.6) is 0 Å². The molecule has 0 aromatic carbocycles. The molecule has 0 aliphatic heterocycles. The molecule has 3 nitrogen and oxygen atoms in total. The predicted molar refractivity (Wildman–Crippen MR) is 57.4 cm³/mol. The molecule has 1 aromatic heterocycles. The van der Waals surface area contributed by atoms with Gasteiger partial charge in [0, 0.05) is 18.9 Å². The average molecular weight is 225 g/mol. The fourth-order valence-electron chi connectivity index (χ4n) is 2.47. The molecule has 1 N–H and O–H groups in total. The van der Waals surface area contributed by atoms with Gasteiger partial charge in [0.15, 0.2) is 0 Å². The van der Waals surface area contributed by atoms with E-state index in [1.54, 1.807) is 7.11 Å². The van der Waals surface area contributed by atoms with E-state index in [0.29, 0.717) is 12.0 Å². The lowest BCUT2D eigenvalue weighted by Gasteiger charge is -2.39. The van der Waals surface area contributed by atoms with Crippen LogP contribution in [0.3, 0.4) is 0 Å². The maximum absolute atomic E-state index is 13.7. The minimum Gasteiger partial charge on any atom is -0.382 e. The van der Waals surface area contributed by atoms with E-state index in [4.69, 9.17) is 4.74 Å². The summed E-state index contributed by atoms with van der Waals surface area (Å²) in [7, 11) is 1.56. The highest BCUT2D eigenvalue weighted by atomic mass is 19.1. The van der Waals surface area contributed by atoms with Gasteiger partial charge in [-0.2, -0.15) is 0 Å². The molecule has 4 heteroatoms. The van der Waals surface area contributed by atoms with Gasteiger partial charge in [-0.15, -0.1) is 0 Å². The highest BCUT2D eigenvalue weighted by molar-refractivity contribution is 5.23. The van der Waals surface area contributed by atoms with Gasteiger partial charge in [-0.3, -0.25) is 4.98 Å². The Kier molecular flexibility index (Phi) is 3.21. The van der Waals surface area contributed by atoms with Crippen molar-refractivity contribution in [2.45, 2.75) is 37.4 Å². The molecule has 1 aliphatic rings. The minimum absolute atomic E-state index is 0.300. The second kappa shape index (κ2) is 4.47. The van der Waals surface area contributed by atoms with Gasteiger partial charge in [0.25, 0.3) is 0 Å². The van der Waals surface area contributed by atoms with Gasteiger partial charge in [-0.25, -0.2) is 4.39 Å². The number of ether oxygens (including phenoxy) is 1. The van der Waals surface area contributed by atoms with Crippen LogP contribution < -0.4 is 0 Å². The molecule has 2 atom stereocenters. The van der Waals surface area contributed by atoms with Gasteiger partial charge in [-0.05, 0) is 18.9 Å². The number of aromatic nitrogens is 1. The maximum atomic E-state index is 13.7. The van der Waals surface area contributed by atoms with Crippen LogP contribution in [0.4, 0.5) is 4.39 Å². The molecule has 1 aliphatic carbocycles. The highest BCUT2D eigenvalue weighted by Gasteiger charge is 2.42. The second-order valence-electron chi connectivity index (χ2n) is 4.25. The molecule has 2 rings (SSSR count).